The smallest absolute Gasteiger partial charge is 0.326 e. The van der Waals surface area contributed by atoms with Gasteiger partial charge in [-0.25, -0.2) is 18.4 Å². The number of hydrogen-bond donors (Lipinski definition) is 4. The van der Waals surface area contributed by atoms with Crippen molar-refractivity contribution in [1.29, 1.82) is 0 Å². The van der Waals surface area contributed by atoms with E-state index in [0.717, 1.165) is 21.1 Å². The molecule has 2 aliphatic heterocycles. The van der Waals surface area contributed by atoms with Crippen molar-refractivity contribution in [3.05, 3.63) is 67.6 Å². The Kier molecular flexibility index (Phi) is 7.78. The maximum absolute atomic E-state index is 13.7. The number of rotatable bonds is 8. The highest BCUT2D eigenvalue weighted by atomic mass is 35.5. The number of primary sulfonamides is 1. The SMILES string of the molecule is CC(C(=O)O)N1C(=O)C2C3CC(C2C1=O)C1C3Sc2[nH]c(=O)sc2[C@@H]1c1cc(Cl)ccc1OCC(=O)Nc1ccc(S(N)(=O)=O)cc1. The van der Waals surface area contributed by atoms with Crippen LogP contribution in [0.2, 0.25) is 5.02 Å². The van der Waals surface area contributed by atoms with Crippen LogP contribution in [0.15, 0.2) is 57.2 Å². The number of thioether (sulfide) groups is 1. The number of carbonyl (C=O) groups excluding carboxylic acids is 3. The number of nitrogens with zero attached hydrogens (tertiary/aromatic N) is 1. The number of nitrogens with two attached hydrogens (primary N) is 1. The summed E-state index contributed by atoms with van der Waals surface area (Å²) in [5.41, 5.74) is 0.945. The molecule has 1 aromatic heterocycles. The summed E-state index contributed by atoms with van der Waals surface area (Å²) in [5, 5.41) is 18.3. The van der Waals surface area contributed by atoms with Gasteiger partial charge in [-0.3, -0.25) is 24.1 Å². The molecule has 7 unspecified atom stereocenters. The number of ether oxygens (including phenoxy) is 1. The van der Waals surface area contributed by atoms with E-state index in [1.165, 1.54) is 43.0 Å². The third-order valence-corrected chi connectivity index (χ3v) is 13.4. The van der Waals surface area contributed by atoms with Crippen LogP contribution < -0.4 is 20.1 Å². The summed E-state index contributed by atoms with van der Waals surface area (Å²) < 4.78 is 29.1. The summed E-state index contributed by atoms with van der Waals surface area (Å²) in [4.78, 5) is 68.7. The average Bonchev–Trinajstić information content (AvgIpc) is 3.74. The first-order valence-electron chi connectivity index (χ1n) is 14.6. The van der Waals surface area contributed by atoms with E-state index in [1.807, 2.05) is 0 Å². The van der Waals surface area contributed by atoms with Crippen molar-refractivity contribution in [3.63, 3.8) is 0 Å². The van der Waals surface area contributed by atoms with Crippen LogP contribution in [0.3, 0.4) is 0 Å². The lowest BCUT2D eigenvalue weighted by Crippen LogP contribution is -2.44. The van der Waals surface area contributed by atoms with Crippen LogP contribution in [0.5, 0.6) is 5.75 Å². The molecule has 7 rings (SSSR count). The van der Waals surface area contributed by atoms with Crippen LogP contribution in [0, 0.1) is 29.6 Å². The van der Waals surface area contributed by atoms with E-state index in [4.69, 9.17) is 21.5 Å². The number of halogens is 1. The van der Waals surface area contributed by atoms with Gasteiger partial charge >= 0.3 is 10.8 Å². The Balaban J connectivity index is 1.20. The monoisotopic (exact) mass is 718 g/mol. The van der Waals surface area contributed by atoms with Crippen molar-refractivity contribution in [3.8, 4) is 5.75 Å². The summed E-state index contributed by atoms with van der Waals surface area (Å²) >= 11 is 9.03. The Hall–Kier alpha value is -3.70. The molecule has 2 aliphatic carbocycles. The van der Waals surface area contributed by atoms with Gasteiger partial charge in [0, 0.05) is 32.3 Å². The third-order valence-electron chi connectivity index (χ3n) is 9.63. The Morgan fingerprint density at radius 2 is 1.81 bits per heavy atom. The number of carboxylic acid groups (broad SMARTS) is 1. The largest absolute Gasteiger partial charge is 0.483 e. The van der Waals surface area contributed by atoms with Crippen LogP contribution in [0.4, 0.5) is 5.69 Å². The van der Waals surface area contributed by atoms with E-state index < -0.39 is 64.1 Å². The second kappa shape index (κ2) is 11.5. The summed E-state index contributed by atoms with van der Waals surface area (Å²) in [7, 11) is -3.90. The van der Waals surface area contributed by atoms with Crippen molar-refractivity contribution < 1.29 is 37.4 Å². The number of hydrogen-bond acceptors (Lipinski definition) is 10. The molecule has 2 aromatic carbocycles. The molecule has 2 bridgehead atoms. The van der Waals surface area contributed by atoms with Crippen molar-refractivity contribution in [1.82, 2.24) is 9.88 Å². The minimum atomic E-state index is -3.90. The number of likely N-dealkylation sites (tertiary alicyclic amines) is 1. The zero-order chi connectivity index (χ0) is 33.5. The van der Waals surface area contributed by atoms with Gasteiger partial charge in [-0.2, -0.15) is 0 Å². The van der Waals surface area contributed by atoms with Gasteiger partial charge in [0.25, 0.3) is 5.91 Å². The summed E-state index contributed by atoms with van der Waals surface area (Å²) in [6.45, 7) is 0.919. The number of nitrogens with one attached hydrogen (secondary N) is 2. The average molecular weight is 719 g/mol. The lowest BCUT2D eigenvalue weighted by Gasteiger charge is -2.43. The summed E-state index contributed by atoms with van der Waals surface area (Å²) in [6.07, 6.45) is 0.601. The quantitative estimate of drug-likeness (QED) is 0.251. The Morgan fingerprint density at radius 1 is 1.13 bits per heavy atom. The highest BCUT2D eigenvalue weighted by Crippen LogP contribution is 2.69. The number of carbonyl (C=O) groups is 4. The van der Waals surface area contributed by atoms with Gasteiger partial charge in [-0.1, -0.05) is 22.9 Å². The van der Waals surface area contributed by atoms with Gasteiger partial charge in [0.15, 0.2) is 6.61 Å². The Bertz CT molecular complexity index is 2010. The predicted molar refractivity (Wildman–Crippen MR) is 171 cm³/mol. The second-order valence-electron chi connectivity index (χ2n) is 12.1. The van der Waals surface area contributed by atoms with Crippen LogP contribution in [0.25, 0.3) is 0 Å². The first-order chi connectivity index (χ1) is 22.2. The molecule has 2 saturated carbocycles. The van der Waals surface area contributed by atoms with Crippen molar-refractivity contribution in [2.45, 2.75) is 40.5 Å². The molecule has 3 heterocycles. The normalized spacial score (nSPS) is 28.1. The lowest BCUT2D eigenvalue weighted by atomic mass is 9.68. The standard InChI is InChI=1S/C30H27ClN4O9S3/c1-11(29(39)40)35-27(37)22-16-9-17(23(22)28(35)38)24-21(16)20(25-26(45-24)34-30(41)46-25)15-8-12(31)2-7-18(15)44-10-19(36)33-13-3-5-14(6-4-13)47(32,42)43/h2-8,11,16-17,20-24H,9-10H2,1H3,(H,33,36)(H,34,41)(H,39,40)(H2,32,42,43)/t11?,16?,17?,20-,21?,22?,23?,24?/m1/s1. The van der Waals surface area contributed by atoms with Gasteiger partial charge in [0.2, 0.25) is 21.8 Å². The number of H-pyrrole nitrogens is 1. The molecule has 3 aromatic rings. The minimum Gasteiger partial charge on any atom is -0.483 e. The molecule has 4 aliphatic rings. The molecule has 13 nitrogen and oxygen atoms in total. The molecule has 8 atom stereocenters. The fourth-order valence-electron chi connectivity index (χ4n) is 7.84. The summed E-state index contributed by atoms with van der Waals surface area (Å²) in [6, 6.07) is 9.02. The van der Waals surface area contributed by atoms with E-state index in [9.17, 15) is 37.5 Å². The molecule has 3 amide bonds. The highest BCUT2D eigenvalue weighted by Gasteiger charge is 2.70. The van der Waals surface area contributed by atoms with E-state index in [0.29, 0.717) is 33.5 Å². The maximum Gasteiger partial charge on any atom is 0.326 e. The molecule has 246 valence electrons. The van der Waals surface area contributed by atoms with Crippen LogP contribution in [-0.2, 0) is 29.2 Å². The van der Waals surface area contributed by atoms with Gasteiger partial charge in [0.1, 0.15) is 11.8 Å². The first-order valence-corrected chi connectivity index (χ1v) is 18.2. The first kappa shape index (κ1) is 31.9. The van der Waals surface area contributed by atoms with E-state index in [2.05, 4.69) is 10.3 Å². The van der Waals surface area contributed by atoms with Gasteiger partial charge in [-0.15, -0.1) is 11.8 Å². The zero-order valence-electron chi connectivity index (χ0n) is 24.4. The number of thiazole rings is 1. The van der Waals surface area contributed by atoms with Gasteiger partial charge < -0.3 is 20.1 Å². The second-order valence-corrected chi connectivity index (χ2v) is 16.3. The molecular weight excluding hydrogens is 692 g/mol. The number of aromatic amines is 1. The molecule has 0 radical (unpaired) electrons. The molecule has 0 spiro atoms. The number of benzene rings is 2. The predicted octanol–water partition coefficient (Wildman–Crippen LogP) is 2.70. The number of sulfonamides is 1. The number of imide groups is 1. The molecular formula is C30H27ClN4O9S3. The third kappa shape index (κ3) is 5.26. The number of aromatic nitrogens is 1. The summed E-state index contributed by atoms with van der Waals surface area (Å²) in [5.74, 6) is -4.84. The van der Waals surface area contributed by atoms with E-state index in [1.54, 1.807) is 18.2 Å². The van der Waals surface area contributed by atoms with Crippen LogP contribution in [0.1, 0.15) is 29.7 Å². The Morgan fingerprint density at radius 3 is 2.47 bits per heavy atom. The number of fused-ring (bicyclic) bond motifs is 9. The Labute approximate surface area is 280 Å². The molecule has 3 fully saturated rings. The van der Waals surface area contributed by atoms with Gasteiger partial charge in [-0.05, 0) is 73.6 Å². The minimum absolute atomic E-state index is 0.104. The maximum atomic E-state index is 13.7. The molecule has 5 N–H and O–H groups in total. The lowest BCUT2D eigenvalue weighted by molar-refractivity contribution is -0.154. The number of aliphatic carboxylic acids is 1. The topological polar surface area (TPSA) is 206 Å². The fourth-order valence-corrected chi connectivity index (χ4v) is 11.4. The molecule has 47 heavy (non-hydrogen) atoms. The van der Waals surface area contributed by atoms with Crippen molar-refractivity contribution >= 4 is 74.1 Å². The highest BCUT2D eigenvalue weighted by molar-refractivity contribution is 8.00. The van der Waals surface area contributed by atoms with E-state index in [-0.39, 0.29) is 32.8 Å². The molecule has 1 saturated heterocycles. The molecule has 17 heteroatoms. The zero-order valence-corrected chi connectivity index (χ0v) is 27.6. The van der Waals surface area contributed by atoms with Crippen molar-refractivity contribution in [2.75, 3.05) is 11.9 Å². The van der Waals surface area contributed by atoms with Gasteiger partial charge in [0.05, 0.1) is 21.8 Å². The fraction of sp³-hybridized carbons (Fsp3) is 0.367. The van der Waals surface area contributed by atoms with Crippen molar-refractivity contribution in [2.24, 2.45) is 34.7 Å². The number of anilines is 1. The number of carboxylic acids is 1. The van der Waals surface area contributed by atoms with Crippen LogP contribution in [-0.4, -0.2) is 65.0 Å². The van der Waals surface area contributed by atoms with Crippen LogP contribution >= 0.6 is 34.7 Å². The van der Waals surface area contributed by atoms with E-state index >= 15 is 0 Å². The number of amides is 3.